The lowest BCUT2D eigenvalue weighted by Crippen LogP contribution is -2.46. The minimum absolute atomic E-state index is 0.0259. The number of amides is 1. The second-order valence-corrected chi connectivity index (χ2v) is 9.89. The van der Waals surface area contributed by atoms with E-state index in [2.05, 4.69) is 39.9 Å². The summed E-state index contributed by atoms with van der Waals surface area (Å²) in [4.78, 5) is 12.7. The molecule has 0 aliphatic carbocycles. The highest BCUT2D eigenvalue weighted by atomic mass is 35.5. The summed E-state index contributed by atoms with van der Waals surface area (Å²) in [5.74, 6) is 0.737. The van der Waals surface area contributed by atoms with E-state index in [-0.39, 0.29) is 11.0 Å². The molecule has 4 nitrogen and oxygen atoms in total. The third-order valence-electron chi connectivity index (χ3n) is 4.01. The van der Waals surface area contributed by atoms with Gasteiger partial charge in [0.25, 0.3) is 5.91 Å². The summed E-state index contributed by atoms with van der Waals surface area (Å²) >= 11 is 6.12. The zero-order valence-electron chi connectivity index (χ0n) is 18.1. The van der Waals surface area contributed by atoms with Crippen molar-refractivity contribution >= 4 is 23.6 Å². The SMILES string of the molecule is CC(C)CCOc1ccc(Cl)cc1C=C(C#N)C(=O)NC(C)(C)CC(C)(C)C. The molecular formula is C23H33ClN2O2. The maximum Gasteiger partial charge on any atom is 0.262 e. The van der Waals surface area contributed by atoms with Crippen molar-refractivity contribution in [2.24, 2.45) is 11.3 Å². The van der Waals surface area contributed by atoms with Crippen LogP contribution in [0.5, 0.6) is 5.75 Å². The van der Waals surface area contributed by atoms with E-state index in [4.69, 9.17) is 16.3 Å². The molecule has 0 aromatic heterocycles. The molecule has 0 saturated carbocycles. The largest absolute Gasteiger partial charge is 0.493 e. The van der Waals surface area contributed by atoms with Crippen molar-refractivity contribution in [3.05, 3.63) is 34.4 Å². The highest BCUT2D eigenvalue weighted by Crippen LogP contribution is 2.28. The van der Waals surface area contributed by atoms with Crippen LogP contribution in [0.2, 0.25) is 5.02 Å². The molecule has 1 N–H and O–H groups in total. The van der Waals surface area contributed by atoms with E-state index < -0.39 is 11.4 Å². The number of nitriles is 1. The minimum atomic E-state index is -0.434. The van der Waals surface area contributed by atoms with Gasteiger partial charge in [0.15, 0.2) is 0 Å². The molecule has 28 heavy (non-hydrogen) atoms. The Bertz CT molecular complexity index is 753. The number of hydrogen-bond donors (Lipinski definition) is 1. The molecular weight excluding hydrogens is 372 g/mol. The van der Waals surface area contributed by atoms with E-state index in [1.165, 1.54) is 0 Å². The van der Waals surface area contributed by atoms with Crippen LogP contribution >= 0.6 is 11.6 Å². The lowest BCUT2D eigenvalue weighted by Gasteiger charge is -2.33. The standard InChI is InChI=1S/C23H33ClN2O2/c1-16(2)10-11-28-20-9-8-19(24)13-17(20)12-18(14-25)21(27)26-23(6,7)15-22(3,4)5/h8-9,12-13,16H,10-11,15H2,1-7H3,(H,26,27). The first-order valence-corrected chi connectivity index (χ1v) is 10.1. The summed E-state index contributed by atoms with van der Waals surface area (Å²) in [5.41, 5.74) is 0.267. The smallest absolute Gasteiger partial charge is 0.262 e. The lowest BCUT2D eigenvalue weighted by molar-refractivity contribution is -0.118. The summed E-state index contributed by atoms with van der Waals surface area (Å²) in [6, 6.07) is 7.22. The number of benzene rings is 1. The highest BCUT2D eigenvalue weighted by molar-refractivity contribution is 6.30. The van der Waals surface area contributed by atoms with Crippen molar-refractivity contribution < 1.29 is 9.53 Å². The van der Waals surface area contributed by atoms with E-state index in [1.807, 2.05) is 19.9 Å². The Morgan fingerprint density at radius 1 is 1.29 bits per heavy atom. The molecule has 0 aliphatic rings. The molecule has 1 rings (SSSR count). The van der Waals surface area contributed by atoms with Crippen LogP contribution in [-0.2, 0) is 4.79 Å². The highest BCUT2D eigenvalue weighted by Gasteiger charge is 2.28. The molecule has 0 bridgehead atoms. The van der Waals surface area contributed by atoms with Gasteiger partial charge in [0.1, 0.15) is 17.4 Å². The average molecular weight is 405 g/mol. The zero-order chi connectivity index (χ0) is 21.5. The number of nitrogens with zero attached hydrogens (tertiary/aromatic N) is 1. The molecule has 154 valence electrons. The molecule has 1 amide bonds. The molecule has 0 atom stereocenters. The van der Waals surface area contributed by atoms with E-state index >= 15 is 0 Å². The van der Waals surface area contributed by atoms with Gasteiger partial charge in [0, 0.05) is 16.1 Å². The van der Waals surface area contributed by atoms with Gasteiger partial charge < -0.3 is 10.1 Å². The number of nitrogens with one attached hydrogen (secondary N) is 1. The third-order valence-corrected chi connectivity index (χ3v) is 4.25. The van der Waals surface area contributed by atoms with Crippen LogP contribution in [-0.4, -0.2) is 18.1 Å². The Labute approximate surface area is 174 Å². The molecule has 0 spiro atoms. The first-order chi connectivity index (χ1) is 12.8. The van der Waals surface area contributed by atoms with Gasteiger partial charge in [-0.1, -0.05) is 46.2 Å². The van der Waals surface area contributed by atoms with Crippen LogP contribution in [0.15, 0.2) is 23.8 Å². The van der Waals surface area contributed by atoms with Gasteiger partial charge in [-0.15, -0.1) is 0 Å². The first-order valence-electron chi connectivity index (χ1n) is 9.69. The summed E-state index contributed by atoms with van der Waals surface area (Å²) in [6.07, 6.45) is 3.24. The molecule has 1 aromatic carbocycles. The summed E-state index contributed by atoms with van der Waals surface area (Å²) in [7, 11) is 0. The average Bonchev–Trinajstić information content (AvgIpc) is 2.51. The molecule has 0 fully saturated rings. The van der Waals surface area contributed by atoms with Crippen LogP contribution in [0.1, 0.15) is 66.9 Å². The second kappa shape index (κ2) is 9.98. The Hall–Kier alpha value is -1.99. The van der Waals surface area contributed by atoms with Gasteiger partial charge in [0.2, 0.25) is 0 Å². The lowest BCUT2D eigenvalue weighted by atomic mass is 9.81. The van der Waals surface area contributed by atoms with Crippen molar-refractivity contribution in [1.82, 2.24) is 5.32 Å². The topological polar surface area (TPSA) is 62.1 Å². The normalized spacial score (nSPS) is 12.6. The minimum Gasteiger partial charge on any atom is -0.493 e. The van der Waals surface area contributed by atoms with Crippen molar-refractivity contribution in [2.45, 2.75) is 66.8 Å². The number of rotatable bonds is 8. The fraction of sp³-hybridized carbons (Fsp3) is 0.565. The van der Waals surface area contributed by atoms with Crippen molar-refractivity contribution in [2.75, 3.05) is 6.61 Å². The van der Waals surface area contributed by atoms with Crippen molar-refractivity contribution in [1.29, 1.82) is 5.26 Å². The fourth-order valence-electron chi connectivity index (χ4n) is 3.22. The molecule has 0 aliphatic heterocycles. The number of hydrogen-bond acceptors (Lipinski definition) is 3. The monoisotopic (exact) mass is 404 g/mol. The van der Waals surface area contributed by atoms with Gasteiger partial charge in [-0.2, -0.15) is 5.26 Å². The van der Waals surface area contributed by atoms with Crippen LogP contribution in [0.25, 0.3) is 6.08 Å². The maximum absolute atomic E-state index is 12.7. The fourth-order valence-corrected chi connectivity index (χ4v) is 3.40. The molecule has 0 saturated heterocycles. The molecule has 0 heterocycles. The van der Waals surface area contributed by atoms with Crippen LogP contribution in [0.3, 0.4) is 0 Å². The van der Waals surface area contributed by atoms with Crippen LogP contribution < -0.4 is 10.1 Å². The van der Waals surface area contributed by atoms with Gasteiger partial charge in [-0.25, -0.2) is 0 Å². The van der Waals surface area contributed by atoms with Crippen LogP contribution in [0, 0.1) is 22.7 Å². The Kier molecular flexibility index (Phi) is 8.57. The van der Waals surface area contributed by atoms with Crippen molar-refractivity contribution in [3.63, 3.8) is 0 Å². The van der Waals surface area contributed by atoms with E-state index in [0.717, 1.165) is 12.8 Å². The number of ether oxygens (including phenoxy) is 1. The third kappa shape index (κ3) is 8.80. The maximum atomic E-state index is 12.7. The molecule has 0 unspecified atom stereocenters. The summed E-state index contributed by atoms with van der Waals surface area (Å²) in [6.45, 7) is 15.1. The van der Waals surface area contributed by atoms with E-state index in [0.29, 0.717) is 28.9 Å². The van der Waals surface area contributed by atoms with Gasteiger partial charge in [-0.3, -0.25) is 4.79 Å². The van der Waals surface area contributed by atoms with Gasteiger partial charge in [-0.05, 0) is 62.3 Å². The predicted octanol–water partition coefficient (Wildman–Crippen LogP) is 6.00. The number of halogens is 1. The second-order valence-electron chi connectivity index (χ2n) is 9.46. The summed E-state index contributed by atoms with van der Waals surface area (Å²) < 4.78 is 5.85. The van der Waals surface area contributed by atoms with Gasteiger partial charge in [0.05, 0.1) is 6.61 Å². The first kappa shape index (κ1) is 24.0. The van der Waals surface area contributed by atoms with E-state index in [1.54, 1.807) is 24.3 Å². The van der Waals surface area contributed by atoms with Crippen molar-refractivity contribution in [3.8, 4) is 11.8 Å². The molecule has 5 heteroatoms. The van der Waals surface area contributed by atoms with E-state index in [9.17, 15) is 10.1 Å². The van der Waals surface area contributed by atoms with Crippen LogP contribution in [0.4, 0.5) is 0 Å². The quantitative estimate of drug-likeness (QED) is 0.426. The zero-order valence-corrected chi connectivity index (χ0v) is 18.9. The Morgan fingerprint density at radius 3 is 2.46 bits per heavy atom. The molecule has 1 aromatic rings. The van der Waals surface area contributed by atoms with Gasteiger partial charge >= 0.3 is 0 Å². The summed E-state index contributed by atoms with van der Waals surface area (Å²) in [5, 5.41) is 13.0. The number of carbonyl (C=O) groups excluding carboxylic acids is 1. The molecule has 0 radical (unpaired) electrons. The predicted molar refractivity (Wildman–Crippen MR) is 116 cm³/mol. The number of carbonyl (C=O) groups is 1. The Morgan fingerprint density at radius 2 is 1.93 bits per heavy atom. The Balaban J connectivity index is 3.06.